The van der Waals surface area contributed by atoms with E-state index in [4.69, 9.17) is 9.47 Å². The zero-order valence-electron chi connectivity index (χ0n) is 27.1. The second-order valence-electron chi connectivity index (χ2n) is 13.0. The van der Waals surface area contributed by atoms with Crippen molar-refractivity contribution in [3.63, 3.8) is 0 Å². The number of nitrogens with one attached hydrogen (secondary N) is 1. The Morgan fingerprint density at radius 1 is 1.09 bits per heavy atom. The minimum Gasteiger partial charge on any atom is -0.455 e. The number of ether oxygens (including phenoxy) is 2. The predicted octanol–water partition coefficient (Wildman–Crippen LogP) is 4.03. The maximum atomic E-state index is 14.7. The van der Waals surface area contributed by atoms with E-state index in [1.807, 2.05) is 63.3 Å². The summed E-state index contributed by atoms with van der Waals surface area (Å²) in [6, 6.07) is 6.90. The fourth-order valence-electron chi connectivity index (χ4n) is 7.43. The van der Waals surface area contributed by atoms with Gasteiger partial charge in [0.25, 0.3) is 0 Å². The molecular weight excluding hydrogens is 654 g/mol. The normalized spacial score (nSPS) is 33.7. The summed E-state index contributed by atoms with van der Waals surface area (Å²) in [6.07, 6.45) is 6.90. The molecule has 0 radical (unpaired) electrons. The monoisotopic (exact) mass is 699 g/mol. The Hall–Kier alpha value is -3.02. The van der Waals surface area contributed by atoms with Crippen LogP contribution in [0.2, 0.25) is 0 Å². The molecule has 0 aromatic heterocycles. The van der Waals surface area contributed by atoms with Gasteiger partial charge in [0, 0.05) is 24.0 Å². The summed E-state index contributed by atoms with van der Waals surface area (Å²) in [5, 5.41) is 13.6. The first-order chi connectivity index (χ1) is 22.1. The van der Waals surface area contributed by atoms with Crippen LogP contribution >= 0.6 is 15.9 Å². The van der Waals surface area contributed by atoms with Gasteiger partial charge in [0.1, 0.15) is 29.8 Å². The first-order valence-corrected chi connectivity index (χ1v) is 17.4. The molecule has 10 nitrogen and oxygen atoms in total. The number of nitrogens with zero attached hydrogens (tertiary/aromatic N) is 2. The highest BCUT2D eigenvalue weighted by Crippen LogP contribution is 2.59. The molecule has 4 aliphatic rings. The van der Waals surface area contributed by atoms with Crippen LogP contribution in [0, 0.1) is 17.8 Å². The van der Waals surface area contributed by atoms with E-state index in [2.05, 4.69) is 21.2 Å². The van der Waals surface area contributed by atoms with Gasteiger partial charge in [-0.25, -0.2) is 0 Å². The lowest BCUT2D eigenvalue weighted by atomic mass is 9.74. The Morgan fingerprint density at radius 3 is 2.50 bits per heavy atom. The SMILES string of the molecule is CCCCN1C/C=C\CCC(=O)N[C@@H](C)[C@H](c2ccccc2)OC(=O)[C@H]2[C@@H]3O[C@@]4(C=C3Br)[C@@H]2C(=O)N([C@@H](CO)[C@@H](C)CC)[C@@H]4C1=O. The number of cyclic esters (lactones) is 1. The molecule has 250 valence electrons. The van der Waals surface area contributed by atoms with Crippen LogP contribution < -0.4 is 5.32 Å². The predicted molar refractivity (Wildman–Crippen MR) is 175 cm³/mol. The average molecular weight is 701 g/mol. The van der Waals surface area contributed by atoms with Crippen molar-refractivity contribution in [2.45, 2.75) is 95.7 Å². The molecule has 46 heavy (non-hydrogen) atoms. The molecule has 5 rings (SSSR count). The maximum Gasteiger partial charge on any atom is 0.313 e. The number of carbonyl (C=O) groups is 4. The van der Waals surface area contributed by atoms with Crippen molar-refractivity contribution in [2.24, 2.45) is 17.8 Å². The van der Waals surface area contributed by atoms with Gasteiger partial charge < -0.3 is 29.7 Å². The van der Waals surface area contributed by atoms with E-state index in [9.17, 15) is 24.3 Å². The number of benzene rings is 1. The highest BCUT2D eigenvalue weighted by Gasteiger charge is 2.75. The Labute approximate surface area is 279 Å². The van der Waals surface area contributed by atoms with Crippen LogP contribution in [0.1, 0.15) is 71.5 Å². The van der Waals surface area contributed by atoms with E-state index in [-0.39, 0.29) is 30.8 Å². The second kappa shape index (κ2) is 14.4. The number of carbonyl (C=O) groups excluding carboxylic acids is 4. The number of likely N-dealkylation sites (tertiary alicyclic amines) is 1. The number of rotatable bonds is 8. The van der Waals surface area contributed by atoms with Gasteiger partial charge in [-0.1, -0.05) is 92.0 Å². The van der Waals surface area contributed by atoms with Gasteiger partial charge in [0.05, 0.1) is 24.6 Å². The van der Waals surface area contributed by atoms with E-state index < -0.39 is 59.6 Å². The van der Waals surface area contributed by atoms with Crippen molar-refractivity contribution in [3.05, 3.63) is 58.6 Å². The van der Waals surface area contributed by atoms with Crippen LogP contribution in [0.4, 0.5) is 0 Å². The van der Waals surface area contributed by atoms with Crippen molar-refractivity contribution >= 4 is 39.6 Å². The molecule has 11 heteroatoms. The number of unbranched alkanes of at least 4 members (excludes halogenated alkanes) is 1. The minimum absolute atomic E-state index is 0.122. The number of esters is 1. The molecule has 4 aliphatic heterocycles. The molecule has 0 saturated carbocycles. The second-order valence-corrected chi connectivity index (χ2v) is 13.9. The van der Waals surface area contributed by atoms with Gasteiger partial charge in [0.15, 0.2) is 0 Å². The number of aliphatic hydroxyl groups is 1. The number of fused-ring (bicyclic) bond motifs is 2. The third-order valence-electron chi connectivity index (χ3n) is 10.1. The molecule has 0 aliphatic carbocycles. The van der Waals surface area contributed by atoms with Gasteiger partial charge in [-0.15, -0.1) is 0 Å². The van der Waals surface area contributed by atoms with Crippen molar-refractivity contribution in [1.82, 2.24) is 15.1 Å². The summed E-state index contributed by atoms with van der Waals surface area (Å²) in [5.74, 6) is -3.71. The fourth-order valence-corrected chi connectivity index (χ4v) is 8.17. The molecule has 5 bridgehead atoms. The molecule has 2 fully saturated rings. The molecule has 1 aromatic carbocycles. The maximum absolute atomic E-state index is 14.7. The number of hydrogen-bond donors (Lipinski definition) is 2. The lowest BCUT2D eigenvalue weighted by molar-refractivity contribution is -0.162. The van der Waals surface area contributed by atoms with E-state index in [0.29, 0.717) is 36.0 Å². The molecule has 1 spiro atoms. The summed E-state index contributed by atoms with van der Waals surface area (Å²) in [5.41, 5.74) is -0.724. The van der Waals surface area contributed by atoms with E-state index in [1.54, 1.807) is 17.9 Å². The summed E-state index contributed by atoms with van der Waals surface area (Å²) in [4.78, 5) is 59.9. The number of aliphatic hydroxyl groups excluding tert-OH is 1. The van der Waals surface area contributed by atoms with Gasteiger partial charge in [-0.05, 0) is 37.3 Å². The Balaban J connectivity index is 1.64. The third-order valence-corrected chi connectivity index (χ3v) is 10.7. The molecular formula is C35H46BrN3O7. The van der Waals surface area contributed by atoms with Crippen molar-refractivity contribution in [1.29, 1.82) is 0 Å². The summed E-state index contributed by atoms with van der Waals surface area (Å²) >= 11 is 3.61. The zero-order chi connectivity index (χ0) is 33.2. The summed E-state index contributed by atoms with van der Waals surface area (Å²) < 4.78 is 13.4. The zero-order valence-corrected chi connectivity index (χ0v) is 28.6. The van der Waals surface area contributed by atoms with Crippen molar-refractivity contribution in [2.75, 3.05) is 19.7 Å². The summed E-state index contributed by atoms with van der Waals surface area (Å²) in [6.45, 7) is 8.19. The first-order valence-electron chi connectivity index (χ1n) is 16.6. The van der Waals surface area contributed by atoms with Gasteiger partial charge in [0.2, 0.25) is 17.7 Å². The topological polar surface area (TPSA) is 125 Å². The molecule has 4 heterocycles. The number of halogens is 1. The number of amides is 3. The van der Waals surface area contributed by atoms with Crippen LogP contribution in [0.15, 0.2) is 53.0 Å². The third kappa shape index (κ3) is 6.18. The number of allylic oxidation sites excluding steroid dienone is 1. The van der Waals surface area contributed by atoms with E-state index in [0.717, 1.165) is 12.8 Å². The van der Waals surface area contributed by atoms with Crippen LogP contribution in [0.5, 0.6) is 0 Å². The lowest BCUT2D eigenvalue weighted by Gasteiger charge is -2.40. The fraction of sp³-hybridized carbons (Fsp3) is 0.600. The molecule has 9 atom stereocenters. The van der Waals surface area contributed by atoms with Crippen molar-refractivity contribution in [3.8, 4) is 0 Å². The highest BCUT2D eigenvalue weighted by atomic mass is 79.9. The molecule has 2 N–H and O–H groups in total. The van der Waals surface area contributed by atoms with Gasteiger partial charge in [-0.2, -0.15) is 0 Å². The smallest absolute Gasteiger partial charge is 0.313 e. The highest BCUT2D eigenvalue weighted by molar-refractivity contribution is 9.11. The average Bonchev–Trinajstić information content (AvgIpc) is 3.64. The van der Waals surface area contributed by atoms with Crippen molar-refractivity contribution < 1.29 is 33.8 Å². The molecule has 2 saturated heterocycles. The van der Waals surface area contributed by atoms with E-state index in [1.165, 1.54) is 4.90 Å². The van der Waals surface area contributed by atoms with Gasteiger partial charge >= 0.3 is 5.97 Å². The lowest BCUT2D eigenvalue weighted by Crippen LogP contribution is -2.59. The standard InChI is InChI=1S/C35H46BrN3O7/c1-5-7-17-38-18-13-9-12-16-26(41)37-22(4)29(23-14-10-8-11-15-23)45-34(44)27-28-32(42)39(25(20-40)21(3)6-2)31(33(38)43)35(28)19-24(36)30(27)46-35/h8-11,13-15,19,21-22,25,27-31,40H,5-7,12,16-18,20H2,1-4H3,(H,37,41)/b13-9-/t21-,22-,25-,27+,28-,29+,30+,31+,35-/m0/s1. The Bertz CT molecular complexity index is 1370. The first kappa shape index (κ1) is 34.3. The largest absolute Gasteiger partial charge is 0.455 e. The van der Waals surface area contributed by atoms with Gasteiger partial charge in [-0.3, -0.25) is 19.2 Å². The summed E-state index contributed by atoms with van der Waals surface area (Å²) in [7, 11) is 0. The van der Waals surface area contributed by atoms with Crippen LogP contribution in [-0.2, 0) is 28.7 Å². The quantitative estimate of drug-likeness (QED) is 0.310. The van der Waals surface area contributed by atoms with Crippen LogP contribution in [-0.4, -0.2) is 88.1 Å². The van der Waals surface area contributed by atoms with E-state index >= 15 is 0 Å². The van der Waals surface area contributed by atoms with Crippen LogP contribution in [0.3, 0.4) is 0 Å². The molecule has 0 unspecified atom stereocenters. The number of hydrogen-bond acceptors (Lipinski definition) is 7. The van der Waals surface area contributed by atoms with Crippen LogP contribution in [0.25, 0.3) is 0 Å². The Kier molecular flexibility index (Phi) is 10.7. The molecule has 1 aromatic rings. The minimum atomic E-state index is -1.42. The molecule has 3 amide bonds. The Morgan fingerprint density at radius 2 is 1.83 bits per heavy atom.